The van der Waals surface area contributed by atoms with Gasteiger partial charge in [0.2, 0.25) is 0 Å². The van der Waals surface area contributed by atoms with Gasteiger partial charge in [-0.15, -0.1) is 0 Å². The van der Waals surface area contributed by atoms with Gasteiger partial charge < -0.3 is 5.32 Å². The zero-order chi connectivity index (χ0) is 15.8. The van der Waals surface area contributed by atoms with Gasteiger partial charge in [-0.1, -0.05) is 45.0 Å². The van der Waals surface area contributed by atoms with Gasteiger partial charge in [-0.05, 0) is 28.5 Å². The van der Waals surface area contributed by atoms with Crippen LogP contribution in [0.15, 0.2) is 24.3 Å². The van der Waals surface area contributed by atoms with Gasteiger partial charge in [-0.25, -0.2) is 0 Å². The van der Waals surface area contributed by atoms with Crippen molar-refractivity contribution in [3.63, 3.8) is 0 Å². The summed E-state index contributed by atoms with van der Waals surface area (Å²) in [6.07, 6.45) is -2.14. The summed E-state index contributed by atoms with van der Waals surface area (Å²) < 4.78 is 36.6. The maximum atomic E-state index is 12.2. The van der Waals surface area contributed by atoms with Crippen LogP contribution in [0.1, 0.15) is 37.5 Å². The minimum atomic E-state index is -4.40. The van der Waals surface area contributed by atoms with E-state index in [1.54, 1.807) is 6.08 Å². The number of allylic oxidation sites excluding steroid dienone is 1. The lowest BCUT2D eigenvalue weighted by molar-refractivity contribution is -0.135. The first-order valence-electron chi connectivity index (χ1n) is 6.77. The highest BCUT2D eigenvalue weighted by Gasteiger charge is 2.30. The van der Waals surface area contributed by atoms with E-state index in [-0.39, 0.29) is 5.41 Å². The van der Waals surface area contributed by atoms with Crippen LogP contribution in [0.5, 0.6) is 0 Å². The van der Waals surface area contributed by atoms with Gasteiger partial charge in [-0.2, -0.15) is 13.2 Å². The zero-order valence-electron chi connectivity index (χ0n) is 12.3. The summed E-state index contributed by atoms with van der Waals surface area (Å²) in [7, 11) is 0. The van der Waals surface area contributed by atoms with Gasteiger partial charge in [0.1, 0.15) is 6.54 Å². The summed E-state index contributed by atoms with van der Waals surface area (Å²) in [5.74, 6) is -0.669. The molecule has 1 aliphatic carbocycles. The second kappa shape index (κ2) is 5.20. The highest BCUT2D eigenvalue weighted by molar-refractivity contribution is 6.21. The first kappa shape index (κ1) is 15.6. The number of fused-ring (bicyclic) bond motifs is 1. The second-order valence-corrected chi connectivity index (χ2v) is 6.24. The fourth-order valence-corrected chi connectivity index (χ4v) is 2.28. The van der Waals surface area contributed by atoms with E-state index in [1.165, 1.54) is 0 Å². The molecular formula is C16H18F3NO. The number of carbonyl (C=O) groups is 1. The van der Waals surface area contributed by atoms with Crippen molar-refractivity contribution < 1.29 is 18.0 Å². The molecule has 0 radical (unpaired) electrons. The molecule has 0 aliphatic heterocycles. The Bertz CT molecular complexity index is 595. The van der Waals surface area contributed by atoms with E-state index in [0.717, 1.165) is 16.7 Å². The molecule has 1 amide bonds. The van der Waals surface area contributed by atoms with Gasteiger partial charge in [-0.3, -0.25) is 4.79 Å². The lowest BCUT2D eigenvalue weighted by atomic mass is 9.85. The number of hydrogen-bond donors (Lipinski definition) is 1. The lowest BCUT2D eigenvalue weighted by Gasteiger charge is -2.20. The van der Waals surface area contributed by atoms with Crippen molar-refractivity contribution in [3.05, 3.63) is 41.0 Å². The van der Waals surface area contributed by atoms with Gasteiger partial charge in [0.15, 0.2) is 0 Å². The summed E-state index contributed by atoms with van der Waals surface area (Å²) in [4.78, 5) is 11.9. The van der Waals surface area contributed by atoms with Crippen molar-refractivity contribution in [2.75, 3.05) is 6.54 Å². The third-order valence-corrected chi connectivity index (χ3v) is 3.49. The maximum Gasteiger partial charge on any atom is 0.405 e. The number of amides is 1. The quantitative estimate of drug-likeness (QED) is 0.888. The van der Waals surface area contributed by atoms with Crippen LogP contribution in [0.2, 0.25) is 0 Å². The SMILES string of the molecule is CC(C)(C)c1ccc2c(c1)C(C(=O)NCC(F)(F)F)=CC2. The number of carbonyl (C=O) groups excluding carboxylic acids is 1. The summed E-state index contributed by atoms with van der Waals surface area (Å²) >= 11 is 0. The Morgan fingerprint density at radius 2 is 1.90 bits per heavy atom. The number of hydrogen-bond acceptors (Lipinski definition) is 1. The standard InChI is InChI=1S/C16H18F3NO/c1-15(2,3)11-6-4-10-5-7-12(13(10)8-11)14(21)20-9-16(17,18)19/h4,6-8H,5,9H2,1-3H3,(H,20,21). The van der Waals surface area contributed by atoms with E-state index in [0.29, 0.717) is 12.0 Å². The van der Waals surface area contributed by atoms with Crippen LogP contribution in [0, 0.1) is 0 Å². The summed E-state index contributed by atoms with van der Waals surface area (Å²) in [6, 6.07) is 5.85. The molecule has 2 rings (SSSR count). The Kier molecular flexibility index (Phi) is 3.87. The summed E-state index contributed by atoms with van der Waals surface area (Å²) in [5, 5.41) is 1.93. The molecule has 1 N–H and O–H groups in total. The molecule has 1 aromatic carbocycles. The van der Waals surface area contributed by atoms with E-state index in [1.807, 2.05) is 23.5 Å². The second-order valence-electron chi connectivity index (χ2n) is 6.24. The molecule has 0 aromatic heterocycles. The topological polar surface area (TPSA) is 29.1 Å². The Labute approximate surface area is 122 Å². The smallest absolute Gasteiger partial charge is 0.343 e. The van der Waals surface area contributed by atoms with E-state index in [9.17, 15) is 18.0 Å². The number of nitrogens with one attached hydrogen (secondary N) is 1. The number of alkyl halides is 3. The molecule has 2 nitrogen and oxygen atoms in total. The Hall–Kier alpha value is -1.78. The first-order valence-corrected chi connectivity index (χ1v) is 6.77. The molecule has 114 valence electrons. The van der Waals surface area contributed by atoms with Crippen molar-refractivity contribution in [2.24, 2.45) is 0 Å². The minimum Gasteiger partial charge on any atom is -0.343 e. The van der Waals surface area contributed by atoms with Gasteiger partial charge in [0.25, 0.3) is 5.91 Å². The molecule has 0 heterocycles. The normalized spacial score (nSPS) is 14.7. The van der Waals surface area contributed by atoms with E-state index < -0.39 is 18.6 Å². The monoisotopic (exact) mass is 297 g/mol. The molecule has 0 bridgehead atoms. The van der Waals surface area contributed by atoms with Crippen molar-refractivity contribution in [2.45, 2.75) is 38.8 Å². The molecule has 1 aromatic rings. The fourth-order valence-electron chi connectivity index (χ4n) is 2.28. The van der Waals surface area contributed by atoms with E-state index in [2.05, 4.69) is 20.8 Å². The lowest BCUT2D eigenvalue weighted by Crippen LogP contribution is -2.34. The third-order valence-electron chi connectivity index (χ3n) is 3.49. The molecule has 0 fully saturated rings. The van der Waals surface area contributed by atoms with E-state index >= 15 is 0 Å². The molecule has 0 spiro atoms. The van der Waals surface area contributed by atoms with Crippen LogP contribution >= 0.6 is 0 Å². The minimum absolute atomic E-state index is 0.0782. The van der Waals surface area contributed by atoms with Crippen LogP contribution in [0.25, 0.3) is 5.57 Å². The van der Waals surface area contributed by atoms with Crippen molar-refractivity contribution >= 4 is 11.5 Å². The maximum absolute atomic E-state index is 12.2. The van der Waals surface area contributed by atoms with Crippen LogP contribution in [0.4, 0.5) is 13.2 Å². The van der Waals surface area contributed by atoms with Crippen molar-refractivity contribution in [1.82, 2.24) is 5.32 Å². The molecule has 0 unspecified atom stereocenters. The number of halogens is 3. The molecule has 1 aliphatic rings. The van der Waals surface area contributed by atoms with Crippen molar-refractivity contribution in [3.8, 4) is 0 Å². The Morgan fingerprint density at radius 3 is 2.48 bits per heavy atom. The summed E-state index contributed by atoms with van der Waals surface area (Å²) in [5.41, 5.74) is 3.02. The van der Waals surface area contributed by atoms with Crippen LogP contribution in [-0.2, 0) is 16.6 Å². The van der Waals surface area contributed by atoms with Crippen LogP contribution in [0.3, 0.4) is 0 Å². The van der Waals surface area contributed by atoms with Gasteiger partial charge >= 0.3 is 6.18 Å². The molecule has 0 saturated carbocycles. The highest BCUT2D eigenvalue weighted by atomic mass is 19.4. The highest BCUT2D eigenvalue weighted by Crippen LogP contribution is 2.32. The van der Waals surface area contributed by atoms with Gasteiger partial charge in [0.05, 0.1) is 0 Å². The first-order chi connectivity index (χ1) is 9.58. The molecule has 5 heteroatoms. The largest absolute Gasteiger partial charge is 0.405 e. The predicted octanol–water partition coefficient (Wildman–Crippen LogP) is 3.60. The summed E-state index contributed by atoms with van der Waals surface area (Å²) in [6.45, 7) is 4.85. The average molecular weight is 297 g/mol. The van der Waals surface area contributed by atoms with Gasteiger partial charge in [0, 0.05) is 5.57 Å². The van der Waals surface area contributed by atoms with Crippen LogP contribution < -0.4 is 5.32 Å². The van der Waals surface area contributed by atoms with Crippen molar-refractivity contribution in [1.29, 1.82) is 0 Å². The number of benzene rings is 1. The molecule has 0 atom stereocenters. The molecule has 21 heavy (non-hydrogen) atoms. The zero-order valence-corrected chi connectivity index (χ0v) is 12.3. The Balaban J connectivity index is 2.22. The Morgan fingerprint density at radius 1 is 1.24 bits per heavy atom. The molecular weight excluding hydrogens is 279 g/mol. The third kappa shape index (κ3) is 3.65. The number of rotatable bonds is 2. The average Bonchev–Trinajstić information content (AvgIpc) is 2.76. The van der Waals surface area contributed by atoms with Crippen LogP contribution in [-0.4, -0.2) is 18.6 Å². The van der Waals surface area contributed by atoms with E-state index in [4.69, 9.17) is 0 Å². The fraction of sp³-hybridized carbons (Fsp3) is 0.438. The molecule has 0 saturated heterocycles. The predicted molar refractivity (Wildman–Crippen MR) is 75.9 cm³/mol.